The molecule has 0 heterocycles. The fourth-order valence-corrected chi connectivity index (χ4v) is 1.46. The van der Waals surface area contributed by atoms with Crippen LogP contribution >= 0.6 is 0 Å². The first-order valence-corrected chi connectivity index (χ1v) is 4.62. The predicted molar refractivity (Wildman–Crippen MR) is 60.6 cm³/mol. The molecule has 0 aliphatic carbocycles. The van der Waals surface area contributed by atoms with E-state index in [-0.39, 0.29) is 11.5 Å². The number of guanidine groups is 1. The first kappa shape index (κ1) is 10.6. The van der Waals surface area contributed by atoms with Crippen molar-refractivity contribution in [3.63, 3.8) is 0 Å². The van der Waals surface area contributed by atoms with E-state index in [1.165, 1.54) is 0 Å². The third kappa shape index (κ3) is 2.25. The van der Waals surface area contributed by atoms with Crippen molar-refractivity contribution in [3.05, 3.63) is 30.3 Å². The zero-order valence-electron chi connectivity index (χ0n) is 8.91. The number of hydrogen-bond acceptors (Lipinski definition) is 1. The van der Waals surface area contributed by atoms with Crippen molar-refractivity contribution in [2.75, 3.05) is 4.90 Å². The monoisotopic (exact) mass is 191 g/mol. The highest BCUT2D eigenvalue weighted by atomic mass is 15.3. The van der Waals surface area contributed by atoms with Crippen LogP contribution in [0.4, 0.5) is 5.69 Å². The summed E-state index contributed by atoms with van der Waals surface area (Å²) in [4.78, 5) is 1.80. The van der Waals surface area contributed by atoms with Gasteiger partial charge in [-0.3, -0.25) is 5.41 Å². The van der Waals surface area contributed by atoms with E-state index in [0.717, 1.165) is 5.69 Å². The van der Waals surface area contributed by atoms with E-state index in [1.807, 2.05) is 51.1 Å². The van der Waals surface area contributed by atoms with Gasteiger partial charge in [0.05, 0.1) is 0 Å². The Morgan fingerprint density at radius 2 is 1.71 bits per heavy atom. The van der Waals surface area contributed by atoms with Crippen molar-refractivity contribution in [2.24, 2.45) is 5.73 Å². The molecule has 3 nitrogen and oxygen atoms in total. The Balaban J connectivity index is 3.08. The van der Waals surface area contributed by atoms with Gasteiger partial charge in [0.2, 0.25) is 0 Å². The van der Waals surface area contributed by atoms with Crippen LogP contribution in [0.1, 0.15) is 20.8 Å². The SMILES string of the molecule is CC(C)(C)N(C(=N)N)c1ccccc1. The van der Waals surface area contributed by atoms with Crippen molar-refractivity contribution in [1.82, 2.24) is 0 Å². The molecule has 0 saturated carbocycles. The summed E-state index contributed by atoms with van der Waals surface area (Å²) < 4.78 is 0. The maximum atomic E-state index is 7.55. The van der Waals surface area contributed by atoms with E-state index >= 15 is 0 Å². The lowest BCUT2D eigenvalue weighted by Crippen LogP contribution is -2.49. The summed E-state index contributed by atoms with van der Waals surface area (Å²) in [5.41, 5.74) is 6.34. The van der Waals surface area contributed by atoms with E-state index in [1.54, 1.807) is 4.90 Å². The zero-order valence-corrected chi connectivity index (χ0v) is 8.91. The molecule has 1 aromatic carbocycles. The number of para-hydroxylation sites is 1. The number of nitrogens with two attached hydrogens (primary N) is 1. The molecule has 0 atom stereocenters. The van der Waals surface area contributed by atoms with Crippen molar-refractivity contribution < 1.29 is 0 Å². The Morgan fingerprint density at radius 3 is 2.07 bits per heavy atom. The second kappa shape index (κ2) is 3.70. The van der Waals surface area contributed by atoms with Gasteiger partial charge < -0.3 is 10.6 Å². The maximum absolute atomic E-state index is 7.55. The van der Waals surface area contributed by atoms with E-state index in [4.69, 9.17) is 11.1 Å². The van der Waals surface area contributed by atoms with Gasteiger partial charge in [-0.2, -0.15) is 0 Å². The Hall–Kier alpha value is -1.51. The van der Waals surface area contributed by atoms with Crippen LogP contribution in [-0.4, -0.2) is 11.5 Å². The average Bonchev–Trinajstić information content (AvgIpc) is 2.02. The highest BCUT2D eigenvalue weighted by Gasteiger charge is 2.23. The first-order chi connectivity index (χ1) is 6.43. The quantitative estimate of drug-likeness (QED) is 0.528. The molecule has 0 unspecified atom stereocenters. The normalized spacial score (nSPS) is 11.1. The topological polar surface area (TPSA) is 53.1 Å². The van der Waals surface area contributed by atoms with Crippen LogP contribution in [0.25, 0.3) is 0 Å². The molecule has 0 spiro atoms. The van der Waals surface area contributed by atoms with Crippen molar-refractivity contribution in [1.29, 1.82) is 5.41 Å². The number of rotatable bonds is 1. The lowest BCUT2D eigenvalue weighted by molar-refractivity contribution is 0.568. The van der Waals surface area contributed by atoms with Crippen LogP contribution in [0.2, 0.25) is 0 Å². The predicted octanol–water partition coefficient (Wildman–Crippen LogP) is 2.18. The Labute approximate surface area is 85.0 Å². The summed E-state index contributed by atoms with van der Waals surface area (Å²) in [6.07, 6.45) is 0. The summed E-state index contributed by atoms with van der Waals surface area (Å²) in [6, 6.07) is 9.73. The zero-order chi connectivity index (χ0) is 10.8. The molecule has 0 saturated heterocycles. The van der Waals surface area contributed by atoms with Gasteiger partial charge in [0.15, 0.2) is 5.96 Å². The first-order valence-electron chi connectivity index (χ1n) is 4.62. The Kier molecular flexibility index (Phi) is 2.79. The van der Waals surface area contributed by atoms with E-state index in [0.29, 0.717) is 0 Å². The summed E-state index contributed by atoms with van der Waals surface area (Å²) in [5.74, 6) is 0.0729. The summed E-state index contributed by atoms with van der Waals surface area (Å²) in [6.45, 7) is 6.09. The third-order valence-corrected chi connectivity index (χ3v) is 1.93. The molecule has 0 fully saturated rings. The van der Waals surface area contributed by atoms with Crippen LogP contribution < -0.4 is 10.6 Å². The van der Waals surface area contributed by atoms with Gasteiger partial charge in [-0.15, -0.1) is 0 Å². The second-order valence-corrected chi connectivity index (χ2v) is 4.23. The molecule has 1 aromatic rings. The molecular formula is C11H17N3. The van der Waals surface area contributed by atoms with Crippen LogP contribution in [-0.2, 0) is 0 Å². The van der Waals surface area contributed by atoms with Crippen LogP contribution in [0, 0.1) is 5.41 Å². The highest BCUT2D eigenvalue weighted by Crippen LogP contribution is 2.22. The summed E-state index contributed by atoms with van der Waals surface area (Å²) >= 11 is 0. The molecule has 0 bridgehead atoms. The highest BCUT2D eigenvalue weighted by molar-refractivity contribution is 5.93. The van der Waals surface area contributed by atoms with Gasteiger partial charge in [0.25, 0.3) is 0 Å². The fraction of sp³-hybridized carbons (Fsp3) is 0.364. The van der Waals surface area contributed by atoms with Crippen LogP contribution in [0.15, 0.2) is 30.3 Å². The van der Waals surface area contributed by atoms with Gasteiger partial charge in [0, 0.05) is 11.2 Å². The smallest absolute Gasteiger partial charge is 0.193 e. The van der Waals surface area contributed by atoms with Gasteiger partial charge in [-0.05, 0) is 32.9 Å². The number of nitrogens with zero attached hydrogens (tertiary/aromatic N) is 1. The summed E-state index contributed by atoms with van der Waals surface area (Å²) in [5, 5.41) is 7.55. The number of nitrogens with one attached hydrogen (secondary N) is 1. The molecule has 0 amide bonds. The number of hydrogen-bond donors (Lipinski definition) is 2. The molecule has 0 aromatic heterocycles. The molecule has 0 radical (unpaired) electrons. The minimum atomic E-state index is -0.173. The molecule has 3 N–H and O–H groups in total. The van der Waals surface area contributed by atoms with Gasteiger partial charge in [-0.1, -0.05) is 18.2 Å². The Morgan fingerprint density at radius 1 is 1.21 bits per heavy atom. The minimum absolute atomic E-state index is 0.0729. The van der Waals surface area contributed by atoms with E-state index in [2.05, 4.69) is 0 Å². The standard InChI is InChI=1S/C11H17N3/c1-11(2,3)14(10(12)13)9-7-5-4-6-8-9/h4-8H,1-3H3,(H3,12,13). The molecular weight excluding hydrogens is 174 g/mol. The lowest BCUT2D eigenvalue weighted by atomic mass is 10.1. The average molecular weight is 191 g/mol. The van der Waals surface area contributed by atoms with Gasteiger partial charge in [0.1, 0.15) is 0 Å². The van der Waals surface area contributed by atoms with Crippen LogP contribution in [0.3, 0.4) is 0 Å². The van der Waals surface area contributed by atoms with Crippen LogP contribution in [0.5, 0.6) is 0 Å². The summed E-state index contributed by atoms with van der Waals surface area (Å²) in [7, 11) is 0. The molecule has 3 heteroatoms. The van der Waals surface area contributed by atoms with E-state index < -0.39 is 0 Å². The van der Waals surface area contributed by atoms with Gasteiger partial charge >= 0.3 is 0 Å². The van der Waals surface area contributed by atoms with Gasteiger partial charge in [-0.25, -0.2) is 0 Å². The van der Waals surface area contributed by atoms with Crippen molar-refractivity contribution >= 4 is 11.6 Å². The van der Waals surface area contributed by atoms with E-state index in [9.17, 15) is 0 Å². The fourth-order valence-electron chi connectivity index (χ4n) is 1.46. The maximum Gasteiger partial charge on any atom is 0.193 e. The molecule has 1 rings (SSSR count). The second-order valence-electron chi connectivity index (χ2n) is 4.23. The molecule has 0 aliphatic rings. The molecule has 76 valence electrons. The molecule has 14 heavy (non-hydrogen) atoms. The number of benzene rings is 1. The number of anilines is 1. The third-order valence-electron chi connectivity index (χ3n) is 1.93. The van der Waals surface area contributed by atoms with Crippen molar-refractivity contribution in [3.8, 4) is 0 Å². The lowest BCUT2D eigenvalue weighted by Gasteiger charge is -2.35. The largest absolute Gasteiger partial charge is 0.370 e. The minimum Gasteiger partial charge on any atom is -0.370 e. The Bertz CT molecular complexity index is 311. The molecule has 0 aliphatic heterocycles. The van der Waals surface area contributed by atoms with Crippen molar-refractivity contribution in [2.45, 2.75) is 26.3 Å².